The molecule has 1 unspecified atom stereocenters. The van der Waals surface area contributed by atoms with Crippen molar-refractivity contribution in [3.8, 4) is 0 Å². The highest BCUT2D eigenvalue weighted by Crippen LogP contribution is 2.38. The zero-order chi connectivity index (χ0) is 18.9. The Morgan fingerprint density at radius 1 is 1.36 bits per heavy atom. The molecule has 0 radical (unpaired) electrons. The lowest BCUT2D eigenvalue weighted by molar-refractivity contribution is -0.384. The van der Waals surface area contributed by atoms with Gasteiger partial charge in [0.25, 0.3) is 5.69 Å². The standard InChI is InChI=1S/C18H23N3O4/c1-11-15(16(17(22)23)18(3,4)5)12(2)20(19-11)10-13-7-6-8-14(9-13)21(24)25/h6-9,16H,10H2,1-5H3,(H,22,23). The van der Waals surface area contributed by atoms with Gasteiger partial charge in [0, 0.05) is 23.4 Å². The van der Waals surface area contributed by atoms with E-state index in [0.717, 1.165) is 11.3 Å². The van der Waals surface area contributed by atoms with Crippen LogP contribution in [0.1, 0.15) is 49.2 Å². The molecule has 0 saturated heterocycles. The first-order valence-electron chi connectivity index (χ1n) is 8.02. The van der Waals surface area contributed by atoms with Gasteiger partial charge in [-0.05, 0) is 24.8 Å². The Kier molecular flexibility index (Phi) is 4.97. The van der Waals surface area contributed by atoms with Gasteiger partial charge in [-0.2, -0.15) is 5.10 Å². The zero-order valence-corrected chi connectivity index (χ0v) is 15.1. The van der Waals surface area contributed by atoms with Crippen LogP contribution in [0.4, 0.5) is 5.69 Å². The van der Waals surface area contributed by atoms with Gasteiger partial charge >= 0.3 is 5.97 Å². The van der Waals surface area contributed by atoms with Crippen LogP contribution in [-0.2, 0) is 11.3 Å². The molecule has 1 N–H and O–H groups in total. The molecule has 0 aliphatic rings. The summed E-state index contributed by atoms with van der Waals surface area (Å²) in [4.78, 5) is 22.3. The van der Waals surface area contributed by atoms with Gasteiger partial charge in [0.1, 0.15) is 0 Å². The van der Waals surface area contributed by atoms with Gasteiger partial charge in [0.15, 0.2) is 0 Å². The van der Waals surface area contributed by atoms with Crippen LogP contribution in [-0.4, -0.2) is 25.8 Å². The van der Waals surface area contributed by atoms with Crippen LogP contribution in [0, 0.1) is 29.4 Å². The van der Waals surface area contributed by atoms with Gasteiger partial charge in [-0.25, -0.2) is 0 Å². The molecular formula is C18H23N3O4. The molecule has 0 aliphatic carbocycles. The van der Waals surface area contributed by atoms with Crippen molar-refractivity contribution in [2.45, 2.75) is 47.1 Å². The number of aromatic nitrogens is 2. The second-order valence-electron chi connectivity index (χ2n) is 7.31. The van der Waals surface area contributed by atoms with Crippen molar-refractivity contribution < 1.29 is 14.8 Å². The van der Waals surface area contributed by atoms with E-state index in [1.54, 1.807) is 23.7 Å². The molecule has 0 saturated carbocycles. The number of nitrogens with zero attached hydrogens (tertiary/aromatic N) is 3. The molecule has 0 fully saturated rings. The Morgan fingerprint density at radius 3 is 2.52 bits per heavy atom. The van der Waals surface area contributed by atoms with E-state index in [1.807, 2.05) is 27.7 Å². The lowest BCUT2D eigenvalue weighted by atomic mass is 9.75. The minimum Gasteiger partial charge on any atom is -0.481 e. The van der Waals surface area contributed by atoms with Gasteiger partial charge in [-0.3, -0.25) is 19.6 Å². The average Bonchev–Trinajstić information content (AvgIpc) is 2.74. The molecule has 1 heterocycles. The third-order valence-electron chi connectivity index (χ3n) is 4.29. The Labute approximate surface area is 146 Å². The number of nitro groups is 1. The number of hydrogen-bond donors (Lipinski definition) is 1. The Bertz CT molecular complexity index is 818. The molecule has 0 spiro atoms. The fourth-order valence-electron chi connectivity index (χ4n) is 3.15. The monoisotopic (exact) mass is 345 g/mol. The summed E-state index contributed by atoms with van der Waals surface area (Å²) < 4.78 is 1.71. The number of hydrogen-bond acceptors (Lipinski definition) is 4. The second kappa shape index (κ2) is 6.66. The third kappa shape index (κ3) is 3.87. The summed E-state index contributed by atoms with van der Waals surface area (Å²) in [5.41, 5.74) is 2.47. The second-order valence-corrected chi connectivity index (χ2v) is 7.31. The Balaban J connectivity index is 2.44. The van der Waals surface area contributed by atoms with E-state index in [9.17, 15) is 20.0 Å². The van der Waals surface area contributed by atoms with Crippen LogP contribution < -0.4 is 0 Å². The van der Waals surface area contributed by atoms with E-state index in [4.69, 9.17) is 0 Å². The highest BCUT2D eigenvalue weighted by Gasteiger charge is 2.36. The minimum atomic E-state index is -0.881. The summed E-state index contributed by atoms with van der Waals surface area (Å²) in [7, 11) is 0. The number of carbonyl (C=O) groups is 1. The van der Waals surface area contributed by atoms with Crippen molar-refractivity contribution >= 4 is 11.7 Å². The smallest absolute Gasteiger partial charge is 0.311 e. The Hall–Kier alpha value is -2.70. The number of carboxylic acid groups (broad SMARTS) is 1. The first-order valence-corrected chi connectivity index (χ1v) is 8.02. The molecule has 2 aromatic rings. The number of benzene rings is 1. The van der Waals surface area contributed by atoms with E-state index in [0.29, 0.717) is 17.8 Å². The van der Waals surface area contributed by atoms with Crippen LogP contribution in [0.15, 0.2) is 24.3 Å². The van der Waals surface area contributed by atoms with E-state index in [1.165, 1.54) is 12.1 Å². The molecule has 1 aromatic heterocycles. The molecule has 1 aromatic carbocycles. The van der Waals surface area contributed by atoms with Crippen LogP contribution >= 0.6 is 0 Å². The summed E-state index contributed by atoms with van der Waals surface area (Å²) in [6.45, 7) is 9.67. The lowest BCUT2D eigenvalue weighted by Crippen LogP contribution is -2.27. The molecular weight excluding hydrogens is 322 g/mol. The number of aliphatic carboxylic acids is 1. The van der Waals surface area contributed by atoms with Gasteiger partial charge in [0.05, 0.1) is 23.1 Å². The van der Waals surface area contributed by atoms with Crippen molar-refractivity contribution in [3.63, 3.8) is 0 Å². The predicted molar refractivity (Wildman–Crippen MR) is 93.7 cm³/mol. The highest BCUT2D eigenvalue weighted by atomic mass is 16.6. The molecule has 25 heavy (non-hydrogen) atoms. The topological polar surface area (TPSA) is 98.3 Å². The largest absolute Gasteiger partial charge is 0.481 e. The van der Waals surface area contributed by atoms with Crippen molar-refractivity contribution in [3.05, 3.63) is 56.9 Å². The van der Waals surface area contributed by atoms with E-state index in [2.05, 4.69) is 5.10 Å². The van der Waals surface area contributed by atoms with Crippen molar-refractivity contribution in [2.24, 2.45) is 5.41 Å². The number of aryl methyl sites for hydroxylation is 1. The van der Waals surface area contributed by atoms with Crippen molar-refractivity contribution in [2.75, 3.05) is 0 Å². The molecule has 2 rings (SSSR count). The molecule has 134 valence electrons. The van der Waals surface area contributed by atoms with E-state index >= 15 is 0 Å². The molecule has 0 bridgehead atoms. The normalized spacial score (nSPS) is 12.8. The summed E-state index contributed by atoms with van der Waals surface area (Å²) in [6, 6.07) is 6.38. The number of carboxylic acids is 1. The predicted octanol–water partition coefficient (Wildman–Crippen LogP) is 3.67. The maximum Gasteiger partial charge on any atom is 0.311 e. The van der Waals surface area contributed by atoms with Crippen LogP contribution in [0.2, 0.25) is 0 Å². The first kappa shape index (κ1) is 18.6. The lowest BCUT2D eigenvalue weighted by Gasteiger charge is -2.27. The molecule has 7 heteroatoms. The maximum absolute atomic E-state index is 11.8. The fraction of sp³-hybridized carbons (Fsp3) is 0.444. The quantitative estimate of drug-likeness (QED) is 0.658. The minimum absolute atomic E-state index is 0.0253. The van der Waals surface area contributed by atoms with Gasteiger partial charge in [-0.1, -0.05) is 32.9 Å². The zero-order valence-electron chi connectivity index (χ0n) is 15.1. The average molecular weight is 345 g/mol. The molecule has 0 aliphatic heterocycles. The van der Waals surface area contributed by atoms with Crippen molar-refractivity contribution in [1.82, 2.24) is 9.78 Å². The summed E-state index contributed by atoms with van der Waals surface area (Å²) >= 11 is 0. The van der Waals surface area contributed by atoms with Crippen LogP contribution in [0.25, 0.3) is 0 Å². The SMILES string of the molecule is Cc1nn(Cc2cccc([N+](=O)[O-])c2)c(C)c1C(C(=O)O)C(C)(C)C. The van der Waals surface area contributed by atoms with E-state index < -0.39 is 22.2 Å². The van der Waals surface area contributed by atoms with Crippen molar-refractivity contribution in [1.29, 1.82) is 0 Å². The summed E-state index contributed by atoms with van der Waals surface area (Å²) in [6.07, 6.45) is 0. The highest BCUT2D eigenvalue weighted by molar-refractivity contribution is 5.78. The molecule has 7 nitrogen and oxygen atoms in total. The van der Waals surface area contributed by atoms with Crippen LogP contribution in [0.3, 0.4) is 0 Å². The van der Waals surface area contributed by atoms with Gasteiger partial charge in [-0.15, -0.1) is 0 Å². The first-order chi connectivity index (χ1) is 11.5. The summed E-state index contributed by atoms with van der Waals surface area (Å²) in [5, 5.41) is 25.1. The fourth-order valence-corrected chi connectivity index (χ4v) is 3.15. The van der Waals surface area contributed by atoms with Crippen LogP contribution in [0.5, 0.6) is 0 Å². The number of rotatable bonds is 5. The molecule has 1 atom stereocenters. The summed E-state index contributed by atoms with van der Waals surface area (Å²) in [5.74, 6) is -1.56. The van der Waals surface area contributed by atoms with Gasteiger partial charge < -0.3 is 5.11 Å². The maximum atomic E-state index is 11.8. The van der Waals surface area contributed by atoms with Gasteiger partial charge in [0.2, 0.25) is 0 Å². The third-order valence-corrected chi connectivity index (χ3v) is 4.29. The van der Waals surface area contributed by atoms with E-state index in [-0.39, 0.29) is 5.69 Å². The Morgan fingerprint density at radius 2 is 2.00 bits per heavy atom. The number of non-ortho nitro benzene ring substituents is 1. The molecule has 0 amide bonds. The number of nitro benzene ring substituents is 1.